The van der Waals surface area contributed by atoms with Gasteiger partial charge in [0, 0.05) is 0 Å². The molecule has 0 aliphatic heterocycles. The monoisotopic (exact) mass is 194 g/mol. The van der Waals surface area contributed by atoms with Gasteiger partial charge in [0.25, 0.3) is 0 Å². The molecule has 0 aromatic heterocycles. The molecule has 74 valence electrons. The minimum atomic E-state index is 1.00. The topological polar surface area (TPSA) is 0 Å². The van der Waals surface area contributed by atoms with Crippen molar-refractivity contribution in [2.24, 2.45) is 0 Å². The fourth-order valence-electron chi connectivity index (χ4n) is 1.60. The Kier molecular flexibility index (Phi) is 2.99. The van der Waals surface area contributed by atoms with Crippen LogP contribution >= 0.6 is 0 Å². The molecule has 15 heavy (non-hydrogen) atoms. The van der Waals surface area contributed by atoms with Gasteiger partial charge in [-0.1, -0.05) is 67.3 Å². The SMILES string of the molecule is C=C(/C=C1/C=CC=CC1)c1ccccc1. The quantitative estimate of drug-likeness (QED) is 0.663. The molecule has 0 atom stereocenters. The van der Waals surface area contributed by atoms with Crippen molar-refractivity contribution in [2.75, 3.05) is 0 Å². The van der Waals surface area contributed by atoms with Crippen LogP contribution in [0.1, 0.15) is 12.0 Å². The minimum Gasteiger partial charge on any atom is -0.0911 e. The fraction of sp³-hybridized carbons (Fsp3) is 0.0667. The third-order valence-corrected chi connectivity index (χ3v) is 2.42. The van der Waals surface area contributed by atoms with Gasteiger partial charge in [-0.25, -0.2) is 0 Å². The summed E-state index contributed by atoms with van der Waals surface area (Å²) in [5.41, 5.74) is 3.57. The summed E-state index contributed by atoms with van der Waals surface area (Å²) in [6, 6.07) is 10.3. The highest BCUT2D eigenvalue weighted by Crippen LogP contribution is 2.18. The van der Waals surface area contributed by atoms with Crippen LogP contribution in [0.5, 0.6) is 0 Å². The Morgan fingerprint density at radius 1 is 1.13 bits per heavy atom. The molecule has 1 aromatic carbocycles. The molecule has 0 heteroatoms. The fourth-order valence-corrected chi connectivity index (χ4v) is 1.60. The molecule has 2 rings (SSSR count). The number of allylic oxidation sites excluding steroid dienone is 7. The van der Waals surface area contributed by atoms with E-state index in [0.717, 1.165) is 12.0 Å². The first-order chi connectivity index (χ1) is 7.36. The van der Waals surface area contributed by atoms with E-state index in [1.165, 1.54) is 11.1 Å². The highest BCUT2D eigenvalue weighted by Gasteiger charge is 1.97. The van der Waals surface area contributed by atoms with Crippen LogP contribution in [0.25, 0.3) is 5.57 Å². The van der Waals surface area contributed by atoms with Crippen LogP contribution in [0.3, 0.4) is 0 Å². The second-order valence-electron chi connectivity index (χ2n) is 3.60. The number of benzene rings is 1. The molecule has 0 unspecified atom stereocenters. The first-order valence-electron chi connectivity index (χ1n) is 5.14. The second-order valence-corrected chi connectivity index (χ2v) is 3.60. The van der Waals surface area contributed by atoms with Gasteiger partial charge in [-0.05, 0) is 23.1 Å². The molecule has 0 spiro atoms. The van der Waals surface area contributed by atoms with Gasteiger partial charge in [0.15, 0.2) is 0 Å². The molecule has 0 N–H and O–H groups in total. The maximum atomic E-state index is 4.08. The summed E-state index contributed by atoms with van der Waals surface area (Å²) in [5, 5.41) is 0. The van der Waals surface area contributed by atoms with Crippen molar-refractivity contribution in [2.45, 2.75) is 6.42 Å². The number of hydrogen-bond acceptors (Lipinski definition) is 0. The van der Waals surface area contributed by atoms with Crippen molar-refractivity contribution < 1.29 is 0 Å². The summed E-state index contributed by atoms with van der Waals surface area (Å²) < 4.78 is 0. The first-order valence-corrected chi connectivity index (χ1v) is 5.14. The van der Waals surface area contributed by atoms with Gasteiger partial charge >= 0.3 is 0 Å². The lowest BCUT2D eigenvalue weighted by Gasteiger charge is -2.04. The normalized spacial score (nSPS) is 16.9. The van der Waals surface area contributed by atoms with Crippen LogP contribution in [0.4, 0.5) is 0 Å². The molecule has 1 aliphatic rings. The van der Waals surface area contributed by atoms with Gasteiger partial charge in [0.2, 0.25) is 0 Å². The average Bonchev–Trinajstić information content (AvgIpc) is 2.31. The number of rotatable bonds is 2. The lowest BCUT2D eigenvalue weighted by Crippen LogP contribution is -1.83. The van der Waals surface area contributed by atoms with Gasteiger partial charge in [0.05, 0.1) is 0 Å². The van der Waals surface area contributed by atoms with Gasteiger partial charge in [0.1, 0.15) is 0 Å². The lowest BCUT2D eigenvalue weighted by molar-refractivity contribution is 1.26. The summed E-state index contributed by atoms with van der Waals surface area (Å²) in [6.07, 6.45) is 11.6. The van der Waals surface area contributed by atoms with Crippen LogP contribution < -0.4 is 0 Å². The smallest absolute Gasteiger partial charge is 0.00941 e. The Morgan fingerprint density at radius 3 is 2.60 bits per heavy atom. The molecule has 0 amide bonds. The molecule has 0 saturated carbocycles. The van der Waals surface area contributed by atoms with Crippen molar-refractivity contribution in [3.63, 3.8) is 0 Å². The molecule has 1 aromatic rings. The Balaban J connectivity index is 2.17. The van der Waals surface area contributed by atoms with Crippen LogP contribution in [-0.2, 0) is 0 Å². The van der Waals surface area contributed by atoms with Gasteiger partial charge < -0.3 is 0 Å². The molecular weight excluding hydrogens is 180 g/mol. The number of hydrogen-bond donors (Lipinski definition) is 0. The maximum Gasteiger partial charge on any atom is -0.00941 e. The Bertz CT molecular complexity index is 430. The second kappa shape index (κ2) is 4.61. The van der Waals surface area contributed by atoms with Gasteiger partial charge in [-0.2, -0.15) is 0 Å². The van der Waals surface area contributed by atoms with E-state index in [-0.39, 0.29) is 0 Å². The third-order valence-electron chi connectivity index (χ3n) is 2.42. The molecule has 0 bridgehead atoms. The largest absolute Gasteiger partial charge is 0.0911 e. The van der Waals surface area contributed by atoms with Gasteiger partial charge in [-0.3, -0.25) is 0 Å². The summed E-state index contributed by atoms with van der Waals surface area (Å²) in [7, 11) is 0. The van der Waals surface area contributed by atoms with Crippen LogP contribution in [-0.4, -0.2) is 0 Å². The van der Waals surface area contributed by atoms with Crippen LogP contribution in [0, 0.1) is 0 Å². The van der Waals surface area contributed by atoms with Crippen molar-refractivity contribution in [1.82, 2.24) is 0 Å². The summed E-state index contributed by atoms with van der Waals surface area (Å²) >= 11 is 0. The summed E-state index contributed by atoms with van der Waals surface area (Å²) in [5.74, 6) is 0. The van der Waals surface area contributed by atoms with Crippen molar-refractivity contribution in [3.05, 3.63) is 78.4 Å². The zero-order valence-electron chi connectivity index (χ0n) is 8.69. The average molecular weight is 194 g/mol. The van der Waals surface area contributed by atoms with Crippen LogP contribution in [0.2, 0.25) is 0 Å². The highest BCUT2D eigenvalue weighted by molar-refractivity contribution is 5.73. The Hall–Kier alpha value is -1.82. The molecule has 0 heterocycles. The Labute approximate surface area is 91.0 Å². The third kappa shape index (κ3) is 2.57. The van der Waals surface area contributed by atoms with E-state index < -0.39 is 0 Å². The van der Waals surface area contributed by atoms with E-state index in [1.54, 1.807) is 0 Å². The molecule has 0 fully saturated rings. The molecule has 0 radical (unpaired) electrons. The molecule has 1 aliphatic carbocycles. The van der Waals surface area contributed by atoms with Crippen LogP contribution in [0.15, 0.2) is 72.9 Å². The van der Waals surface area contributed by atoms with E-state index in [1.807, 2.05) is 18.2 Å². The van der Waals surface area contributed by atoms with E-state index in [0.29, 0.717) is 0 Å². The maximum absolute atomic E-state index is 4.08. The van der Waals surface area contributed by atoms with Crippen molar-refractivity contribution in [3.8, 4) is 0 Å². The predicted octanol–water partition coefficient (Wildman–Crippen LogP) is 4.14. The highest BCUT2D eigenvalue weighted by atomic mass is 14.0. The molecule has 0 saturated heterocycles. The van der Waals surface area contributed by atoms with Gasteiger partial charge in [-0.15, -0.1) is 0 Å². The lowest BCUT2D eigenvalue weighted by atomic mass is 10.0. The van der Waals surface area contributed by atoms with E-state index in [4.69, 9.17) is 0 Å². The summed E-state index contributed by atoms with van der Waals surface area (Å²) in [4.78, 5) is 0. The minimum absolute atomic E-state index is 1.00. The predicted molar refractivity (Wildman–Crippen MR) is 66.5 cm³/mol. The Morgan fingerprint density at radius 2 is 1.93 bits per heavy atom. The van der Waals surface area contributed by atoms with Crippen molar-refractivity contribution >= 4 is 5.57 Å². The van der Waals surface area contributed by atoms with Crippen molar-refractivity contribution in [1.29, 1.82) is 0 Å². The zero-order chi connectivity index (χ0) is 10.5. The summed E-state index contributed by atoms with van der Waals surface area (Å²) in [6.45, 7) is 4.08. The standard InChI is InChI=1S/C15H14/c1-13(15-10-6-3-7-11-15)12-14-8-4-2-5-9-14/h2-8,10-12H,1,9H2/b14-12-. The molecule has 0 nitrogen and oxygen atoms in total. The molecular formula is C15H14. The van der Waals surface area contributed by atoms with E-state index in [2.05, 4.69) is 49.1 Å². The van der Waals surface area contributed by atoms with E-state index >= 15 is 0 Å². The first kappa shape index (κ1) is 9.72. The van der Waals surface area contributed by atoms with E-state index in [9.17, 15) is 0 Å². The zero-order valence-corrected chi connectivity index (χ0v) is 8.69.